The molecule has 1 N–H and O–H groups in total. The lowest BCUT2D eigenvalue weighted by Crippen LogP contribution is -2.54. The Kier molecular flexibility index (Phi) is 6.78. The SMILES string of the molecule is COCCN(CCOC)C(=O)CN1C(=O)N[C@]2(CCCC[C@H]2C)C1=O. The summed E-state index contributed by atoms with van der Waals surface area (Å²) in [7, 11) is 3.12. The summed E-state index contributed by atoms with van der Waals surface area (Å²) in [5.74, 6) is -0.467. The van der Waals surface area contributed by atoms with Gasteiger partial charge in [0.25, 0.3) is 5.91 Å². The number of rotatable bonds is 8. The Hall–Kier alpha value is -1.67. The fourth-order valence-electron chi connectivity index (χ4n) is 3.64. The molecule has 1 saturated carbocycles. The van der Waals surface area contributed by atoms with E-state index in [4.69, 9.17) is 9.47 Å². The molecule has 0 bridgehead atoms. The molecule has 8 nitrogen and oxygen atoms in total. The molecule has 0 radical (unpaired) electrons. The molecule has 2 aliphatic rings. The summed E-state index contributed by atoms with van der Waals surface area (Å²) in [6.07, 6.45) is 3.51. The molecular weight excluding hydrogens is 326 g/mol. The summed E-state index contributed by atoms with van der Waals surface area (Å²) < 4.78 is 10.0. The maximum absolute atomic E-state index is 12.9. The first-order valence-electron chi connectivity index (χ1n) is 8.86. The van der Waals surface area contributed by atoms with E-state index in [0.29, 0.717) is 32.7 Å². The third-order valence-electron chi connectivity index (χ3n) is 5.28. The topological polar surface area (TPSA) is 88.2 Å². The van der Waals surface area contributed by atoms with Crippen LogP contribution in [0.1, 0.15) is 32.6 Å². The molecular formula is C17H29N3O5. The molecule has 1 saturated heterocycles. The molecule has 0 aromatic rings. The monoisotopic (exact) mass is 355 g/mol. The molecule has 1 aliphatic heterocycles. The second-order valence-electron chi connectivity index (χ2n) is 6.81. The van der Waals surface area contributed by atoms with Crippen LogP contribution in [-0.4, -0.2) is 80.3 Å². The Morgan fingerprint density at radius 2 is 1.88 bits per heavy atom. The van der Waals surface area contributed by atoms with Crippen molar-refractivity contribution in [2.75, 3.05) is 47.1 Å². The normalized spacial score (nSPS) is 26.2. The fourth-order valence-corrected chi connectivity index (χ4v) is 3.64. The number of amides is 4. The minimum absolute atomic E-state index is 0.0795. The van der Waals surface area contributed by atoms with Gasteiger partial charge in [0.15, 0.2) is 0 Å². The first kappa shape index (κ1) is 19.7. The first-order chi connectivity index (χ1) is 12.0. The first-order valence-corrected chi connectivity index (χ1v) is 8.86. The largest absolute Gasteiger partial charge is 0.383 e. The minimum atomic E-state index is -0.834. The molecule has 0 unspecified atom stereocenters. The van der Waals surface area contributed by atoms with E-state index in [1.165, 1.54) is 0 Å². The number of imide groups is 1. The Bertz CT molecular complexity index is 505. The number of urea groups is 1. The molecule has 1 heterocycles. The van der Waals surface area contributed by atoms with Crippen LogP contribution in [0.25, 0.3) is 0 Å². The number of ether oxygens (including phenoxy) is 2. The van der Waals surface area contributed by atoms with E-state index in [0.717, 1.165) is 24.2 Å². The van der Waals surface area contributed by atoms with Crippen molar-refractivity contribution in [1.82, 2.24) is 15.1 Å². The van der Waals surface area contributed by atoms with Gasteiger partial charge in [-0.25, -0.2) is 4.79 Å². The van der Waals surface area contributed by atoms with Crippen molar-refractivity contribution in [3.63, 3.8) is 0 Å². The number of nitrogens with one attached hydrogen (secondary N) is 1. The molecule has 25 heavy (non-hydrogen) atoms. The van der Waals surface area contributed by atoms with Gasteiger partial charge in [-0.2, -0.15) is 0 Å². The smallest absolute Gasteiger partial charge is 0.325 e. The van der Waals surface area contributed by atoms with Crippen molar-refractivity contribution in [3.8, 4) is 0 Å². The van der Waals surface area contributed by atoms with Crippen molar-refractivity contribution in [2.45, 2.75) is 38.1 Å². The van der Waals surface area contributed by atoms with Crippen molar-refractivity contribution in [1.29, 1.82) is 0 Å². The number of nitrogens with zero attached hydrogens (tertiary/aromatic N) is 2. The predicted octanol–water partition coefficient (Wildman–Crippen LogP) is 0.609. The molecule has 4 amide bonds. The summed E-state index contributed by atoms with van der Waals surface area (Å²) in [6.45, 7) is 3.31. The Morgan fingerprint density at radius 3 is 2.44 bits per heavy atom. The number of hydrogen-bond acceptors (Lipinski definition) is 5. The fraction of sp³-hybridized carbons (Fsp3) is 0.824. The van der Waals surface area contributed by atoms with E-state index in [2.05, 4.69) is 5.32 Å². The number of methoxy groups -OCH3 is 2. The van der Waals surface area contributed by atoms with Gasteiger partial charge in [-0.1, -0.05) is 19.8 Å². The van der Waals surface area contributed by atoms with Crippen LogP contribution in [0.3, 0.4) is 0 Å². The van der Waals surface area contributed by atoms with E-state index in [1.807, 2.05) is 6.92 Å². The second-order valence-corrected chi connectivity index (χ2v) is 6.81. The Labute approximate surface area is 148 Å². The van der Waals surface area contributed by atoms with Gasteiger partial charge in [0.2, 0.25) is 5.91 Å². The molecule has 2 atom stereocenters. The third-order valence-corrected chi connectivity index (χ3v) is 5.28. The lowest BCUT2D eigenvalue weighted by molar-refractivity contribution is -0.141. The highest BCUT2D eigenvalue weighted by Crippen LogP contribution is 2.38. The molecule has 0 aromatic carbocycles. The van der Waals surface area contributed by atoms with E-state index in [9.17, 15) is 14.4 Å². The summed E-state index contributed by atoms with van der Waals surface area (Å²) in [4.78, 5) is 40.5. The van der Waals surface area contributed by atoms with E-state index in [-0.39, 0.29) is 24.3 Å². The lowest BCUT2D eigenvalue weighted by atomic mass is 9.73. The van der Waals surface area contributed by atoms with Crippen LogP contribution in [0.5, 0.6) is 0 Å². The van der Waals surface area contributed by atoms with Crippen LogP contribution in [-0.2, 0) is 19.1 Å². The minimum Gasteiger partial charge on any atom is -0.383 e. The van der Waals surface area contributed by atoms with Crippen molar-refractivity contribution >= 4 is 17.8 Å². The van der Waals surface area contributed by atoms with Crippen LogP contribution < -0.4 is 5.32 Å². The molecule has 142 valence electrons. The number of carbonyl (C=O) groups is 3. The maximum atomic E-state index is 12.9. The van der Waals surface area contributed by atoms with Gasteiger partial charge in [-0.3, -0.25) is 14.5 Å². The molecule has 2 fully saturated rings. The average molecular weight is 355 g/mol. The highest BCUT2D eigenvalue weighted by molar-refractivity contribution is 6.09. The van der Waals surface area contributed by atoms with Crippen molar-refractivity contribution in [3.05, 3.63) is 0 Å². The Morgan fingerprint density at radius 1 is 1.24 bits per heavy atom. The van der Waals surface area contributed by atoms with Gasteiger partial charge >= 0.3 is 6.03 Å². The number of hydrogen-bond donors (Lipinski definition) is 1. The second kappa shape index (κ2) is 8.62. The van der Waals surface area contributed by atoms with Gasteiger partial charge < -0.3 is 19.7 Å². The van der Waals surface area contributed by atoms with Crippen LogP contribution in [0.2, 0.25) is 0 Å². The van der Waals surface area contributed by atoms with E-state index < -0.39 is 11.6 Å². The standard InChI is InChI=1S/C17H29N3O5/c1-13-6-4-5-7-17(13)15(22)20(16(23)18-17)12-14(21)19(8-10-24-2)9-11-25-3/h13H,4-12H2,1-3H3,(H,18,23)/t13-,17+/m1/s1. The Balaban J connectivity index is 2.05. The zero-order chi connectivity index (χ0) is 18.4. The van der Waals surface area contributed by atoms with Gasteiger partial charge in [-0.05, 0) is 18.8 Å². The summed E-state index contributed by atoms with van der Waals surface area (Å²) in [6, 6.07) is -0.467. The predicted molar refractivity (Wildman–Crippen MR) is 90.9 cm³/mol. The summed E-state index contributed by atoms with van der Waals surface area (Å²) in [5, 5.41) is 2.87. The molecule has 0 aromatic heterocycles. The lowest BCUT2D eigenvalue weighted by Gasteiger charge is -2.36. The highest BCUT2D eigenvalue weighted by atomic mass is 16.5. The molecule has 8 heteroatoms. The van der Waals surface area contributed by atoms with Crippen molar-refractivity contribution in [2.24, 2.45) is 5.92 Å². The third kappa shape index (κ3) is 4.12. The molecule has 1 spiro atoms. The van der Waals surface area contributed by atoms with Gasteiger partial charge in [0.1, 0.15) is 12.1 Å². The number of carbonyl (C=O) groups excluding carboxylic acids is 3. The quantitative estimate of drug-likeness (QED) is 0.645. The van der Waals surface area contributed by atoms with Crippen LogP contribution in [0, 0.1) is 5.92 Å². The average Bonchev–Trinajstić information content (AvgIpc) is 2.83. The van der Waals surface area contributed by atoms with Gasteiger partial charge in [0.05, 0.1) is 13.2 Å². The zero-order valence-electron chi connectivity index (χ0n) is 15.4. The summed E-state index contributed by atoms with van der Waals surface area (Å²) >= 11 is 0. The van der Waals surface area contributed by atoms with Gasteiger partial charge in [-0.15, -0.1) is 0 Å². The van der Waals surface area contributed by atoms with Crippen LogP contribution in [0.15, 0.2) is 0 Å². The van der Waals surface area contributed by atoms with Crippen LogP contribution in [0.4, 0.5) is 4.79 Å². The zero-order valence-corrected chi connectivity index (χ0v) is 15.4. The van der Waals surface area contributed by atoms with Crippen LogP contribution >= 0.6 is 0 Å². The van der Waals surface area contributed by atoms with Gasteiger partial charge in [0, 0.05) is 27.3 Å². The maximum Gasteiger partial charge on any atom is 0.325 e. The van der Waals surface area contributed by atoms with E-state index in [1.54, 1.807) is 19.1 Å². The summed E-state index contributed by atoms with van der Waals surface area (Å²) in [5.41, 5.74) is -0.834. The van der Waals surface area contributed by atoms with Crippen molar-refractivity contribution < 1.29 is 23.9 Å². The van der Waals surface area contributed by atoms with E-state index >= 15 is 0 Å². The molecule has 1 aliphatic carbocycles. The highest BCUT2D eigenvalue weighted by Gasteiger charge is 2.55. The molecule has 2 rings (SSSR count).